The van der Waals surface area contributed by atoms with Crippen LogP contribution in [0.5, 0.6) is 0 Å². The van der Waals surface area contributed by atoms with Crippen molar-refractivity contribution >= 4 is 12.1 Å². The average molecular weight is 243 g/mol. The van der Waals surface area contributed by atoms with Crippen molar-refractivity contribution in [2.45, 2.75) is 32.0 Å². The highest BCUT2D eigenvalue weighted by molar-refractivity contribution is 5.79. The Morgan fingerprint density at radius 3 is 2.38 bits per heavy atom. The molecule has 0 unspecified atom stereocenters. The van der Waals surface area contributed by atoms with E-state index in [9.17, 15) is 22.8 Å². The van der Waals surface area contributed by atoms with Gasteiger partial charge in [-0.3, -0.25) is 0 Å². The van der Waals surface area contributed by atoms with Gasteiger partial charge in [-0.2, -0.15) is 13.2 Å². The summed E-state index contributed by atoms with van der Waals surface area (Å²) in [6, 6.07) is -1.23. The second-order valence-corrected chi connectivity index (χ2v) is 3.02. The van der Waals surface area contributed by atoms with Crippen LogP contribution in [-0.4, -0.2) is 36.0 Å². The number of aliphatic carboxylic acids is 1. The summed E-state index contributed by atoms with van der Waals surface area (Å²) in [6.45, 7) is -0.0596. The van der Waals surface area contributed by atoms with Crippen LogP contribution in [0.1, 0.15) is 19.8 Å². The smallest absolute Gasteiger partial charge is 0.422 e. The van der Waals surface area contributed by atoms with E-state index in [1.807, 2.05) is 5.32 Å². The number of alkyl carbamates (subject to hydrolysis) is 1. The number of carbonyl (C=O) groups is 2. The maximum atomic E-state index is 11.6. The van der Waals surface area contributed by atoms with Crippen LogP contribution in [0, 0.1) is 0 Å². The maximum Gasteiger partial charge on any atom is 0.422 e. The molecule has 0 aromatic carbocycles. The Morgan fingerprint density at radius 2 is 2.00 bits per heavy atom. The van der Waals surface area contributed by atoms with Crippen LogP contribution >= 0.6 is 0 Å². The van der Waals surface area contributed by atoms with Crippen molar-refractivity contribution in [2.75, 3.05) is 6.61 Å². The maximum absolute atomic E-state index is 11.6. The van der Waals surface area contributed by atoms with Crippen molar-refractivity contribution < 1.29 is 32.6 Å². The molecule has 0 saturated carbocycles. The van der Waals surface area contributed by atoms with Crippen molar-refractivity contribution in [1.29, 1.82) is 0 Å². The molecule has 0 aliphatic rings. The highest BCUT2D eigenvalue weighted by atomic mass is 19.4. The molecule has 0 fully saturated rings. The molecule has 8 heteroatoms. The molecule has 0 bridgehead atoms. The number of carboxylic acids is 1. The summed E-state index contributed by atoms with van der Waals surface area (Å²) >= 11 is 0. The number of alkyl halides is 3. The Bertz CT molecular complexity index is 254. The fraction of sp³-hybridized carbons (Fsp3) is 0.750. The first kappa shape index (κ1) is 14.5. The normalized spacial score (nSPS) is 13.0. The van der Waals surface area contributed by atoms with Gasteiger partial charge in [0.25, 0.3) is 0 Å². The van der Waals surface area contributed by atoms with Gasteiger partial charge in [0.15, 0.2) is 6.61 Å². The van der Waals surface area contributed by atoms with Crippen LogP contribution in [0.25, 0.3) is 0 Å². The van der Waals surface area contributed by atoms with Gasteiger partial charge < -0.3 is 15.2 Å². The average Bonchev–Trinajstić information content (AvgIpc) is 2.13. The Kier molecular flexibility index (Phi) is 5.62. The number of amides is 1. The Morgan fingerprint density at radius 1 is 1.44 bits per heavy atom. The standard InChI is InChI=1S/C8H12F3NO4/c1-2-3-5(6(13)14)12-7(15)16-4-8(9,10)11/h5H,2-4H2,1H3,(H,12,15)(H,13,14)/t5-/m1/s1. The zero-order valence-electron chi connectivity index (χ0n) is 8.50. The SMILES string of the molecule is CCC[C@@H](NC(=O)OCC(F)(F)F)C(=O)O. The van der Waals surface area contributed by atoms with E-state index in [-0.39, 0.29) is 6.42 Å². The lowest BCUT2D eigenvalue weighted by Gasteiger charge is -2.14. The first-order valence-corrected chi connectivity index (χ1v) is 4.49. The number of carbonyl (C=O) groups excluding carboxylic acids is 1. The van der Waals surface area contributed by atoms with E-state index in [2.05, 4.69) is 4.74 Å². The lowest BCUT2D eigenvalue weighted by atomic mass is 10.2. The lowest BCUT2D eigenvalue weighted by Crippen LogP contribution is -2.41. The van der Waals surface area contributed by atoms with Crippen molar-refractivity contribution in [3.05, 3.63) is 0 Å². The van der Waals surface area contributed by atoms with Crippen LogP contribution in [0.4, 0.5) is 18.0 Å². The molecule has 94 valence electrons. The third-order valence-corrected chi connectivity index (χ3v) is 1.53. The van der Waals surface area contributed by atoms with Gasteiger partial charge >= 0.3 is 18.2 Å². The van der Waals surface area contributed by atoms with E-state index in [4.69, 9.17) is 5.11 Å². The van der Waals surface area contributed by atoms with Gasteiger partial charge in [-0.15, -0.1) is 0 Å². The van der Waals surface area contributed by atoms with Gasteiger partial charge in [0.1, 0.15) is 6.04 Å². The van der Waals surface area contributed by atoms with Gasteiger partial charge in [0, 0.05) is 0 Å². The van der Waals surface area contributed by atoms with Gasteiger partial charge in [0.2, 0.25) is 0 Å². The molecule has 0 aliphatic heterocycles. The molecular formula is C8H12F3NO4. The molecule has 0 aliphatic carbocycles. The van der Waals surface area contributed by atoms with Crippen molar-refractivity contribution in [2.24, 2.45) is 0 Å². The van der Waals surface area contributed by atoms with E-state index in [0.717, 1.165) is 0 Å². The Balaban J connectivity index is 4.05. The monoisotopic (exact) mass is 243 g/mol. The van der Waals surface area contributed by atoms with Crippen LogP contribution in [0.3, 0.4) is 0 Å². The number of nitrogens with one attached hydrogen (secondary N) is 1. The van der Waals surface area contributed by atoms with E-state index in [0.29, 0.717) is 6.42 Å². The van der Waals surface area contributed by atoms with Crippen molar-refractivity contribution in [3.63, 3.8) is 0 Å². The molecule has 16 heavy (non-hydrogen) atoms. The third kappa shape index (κ3) is 6.91. The predicted octanol–water partition coefficient (Wildman–Crippen LogP) is 1.53. The fourth-order valence-electron chi connectivity index (χ4n) is 0.877. The molecule has 1 amide bonds. The van der Waals surface area contributed by atoms with E-state index in [1.165, 1.54) is 0 Å². The summed E-state index contributed by atoms with van der Waals surface area (Å²) in [5.41, 5.74) is 0. The molecule has 0 saturated heterocycles. The second kappa shape index (κ2) is 6.19. The van der Waals surface area contributed by atoms with Gasteiger partial charge in [-0.1, -0.05) is 13.3 Å². The van der Waals surface area contributed by atoms with E-state index >= 15 is 0 Å². The Labute approximate surface area is 89.6 Å². The number of ether oxygens (including phenoxy) is 1. The number of carboxylic acid groups (broad SMARTS) is 1. The summed E-state index contributed by atoms with van der Waals surface area (Å²) in [7, 11) is 0. The molecule has 0 aromatic rings. The van der Waals surface area contributed by atoms with Crippen LogP contribution in [-0.2, 0) is 9.53 Å². The minimum atomic E-state index is -4.62. The number of halogens is 3. The summed E-state index contributed by atoms with van der Waals surface area (Å²) in [6.07, 6.45) is -5.42. The van der Waals surface area contributed by atoms with Crippen LogP contribution < -0.4 is 5.32 Å². The van der Waals surface area contributed by atoms with Crippen LogP contribution in [0.2, 0.25) is 0 Å². The quantitative estimate of drug-likeness (QED) is 0.767. The number of rotatable bonds is 5. The molecule has 0 rings (SSSR count). The van der Waals surface area contributed by atoms with Crippen molar-refractivity contribution in [3.8, 4) is 0 Å². The molecule has 1 atom stereocenters. The van der Waals surface area contributed by atoms with Gasteiger partial charge in [0.05, 0.1) is 0 Å². The van der Waals surface area contributed by atoms with E-state index in [1.54, 1.807) is 6.92 Å². The first-order valence-electron chi connectivity index (χ1n) is 4.49. The van der Waals surface area contributed by atoms with Crippen LogP contribution in [0.15, 0.2) is 0 Å². The number of hydrogen-bond donors (Lipinski definition) is 2. The topological polar surface area (TPSA) is 75.6 Å². The number of hydrogen-bond acceptors (Lipinski definition) is 3. The van der Waals surface area contributed by atoms with E-state index < -0.39 is 30.9 Å². The highest BCUT2D eigenvalue weighted by Gasteiger charge is 2.30. The Hall–Kier alpha value is -1.47. The van der Waals surface area contributed by atoms with Gasteiger partial charge in [-0.05, 0) is 6.42 Å². The molecular weight excluding hydrogens is 231 g/mol. The molecule has 0 aromatic heterocycles. The summed E-state index contributed by atoms with van der Waals surface area (Å²) in [4.78, 5) is 21.3. The minimum absolute atomic E-state index is 0.121. The minimum Gasteiger partial charge on any atom is -0.480 e. The zero-order valence-corrected chi connectivity index (χ0v) is 8.50. The largest absolute Gasteiger partial charge is 0.480 e. The molecule has 0 radical (unpaired) electrons. The molecule has 5 nitrogen and oxygen atoms in total. The third-order valence-electron chi connectivity index (χ3n) is 1.53. The zero-order chi connectivity index (χ0) is 12.8. The summed E-state index contributed by atoms with van der Waals surface area (Å²) < 4.78 is 38.7. The highest BCUT2D eigenvalue weighted by Crippen LogP contribution is 2.14. The lowest BCUT2D eigenvalue weighted by molar-refractivity contribution is -0.160. The molecule has 2 N–H and O–H groups in total. The second-order valence-electron chi connectivity index (χ2n) is 3.02. The fourth-order valence-corrected chi connectivity index (χ4v) is 0.877. The first-order chi connectivity index (χ1) is 7.26. The van der Waals surface area contributed by atoms with Crippen molar-refractivity contribution in [1.82, 2.24) is 5.32 Å². The summed E-state index contributed by atoms with van der Waals surface area (Å²) in [5.74, 6) is -1.31. The van der Waals surface area contributed by atoms with Gasteiger partial charge in [-0.25, -0.2) is 9.59 Å². The predicted molar refractivity (Wildman–Crippen MR) is 46.9 cm³/mol. The summed E-state index contributed by atoms with van der Waals surface area (Å²) in [5, 5.41) is 10.4. The molecule has 0 heterocycles. The molecule has 0 spiro atoms.